The number of piperazine rings is 1. The molecule has 2 aliphatic heterocycles. The molecule has 0 bridgehead atoms. The van der Waals surface area contributed by atoms with Crippen molar-refractivity contribution in [2.24, 2.45) is 0 Å². The van der Waals surface area contributed by atoms with Gasteiger partial charge in [0.25, 0.3) is 5.91 Å². The molecule has 1 aromatic carbocycles. The fraction of sp³-hybridized carbons (Fsp3) is 0.611. The minimum Gasteiger partial charge on any atom is -0.336 e. The highest BCUT2D eigenvalue weighted by Crippen LogP contribution is 2.22. The fourth-order valence-electron chi connectivity index (χ4n) is 3.60. The normalized spacial score (nSPS) is 26.1. The smallest absolute Gasteiger partial charge is 0.253 e. The number of amides is 1. The summed E-state index contributed by atoms with van der Waals surface area (Å²) in [6.07, 6.45) is 1.82. The highest BCUT2D eigenvalue weighted by Gasteiger charge is 2.30. The quantitative estimate of drug-likeness (QED) is 0.817. The predicted molar refractivity (Wildman–Crippen MR) is 97.0 cm³/mol. The molecule has 2 fully saturated rings. The minimum atomic E-state index is -3.43. The topological polar surface area (TPSA) is 60.9 Å². The molecule has 2 saturated heterocycles. The van der Waals surface area contributed by atoms with Gasteiger partial charge in [-0.1, -0.05) is 0 Å². The maximum absolute atomic E-state index is 12.8. The molecule has 0 aromatic heterocycles. The molecule has 1 aromatic rings. The first kappa shape index (κ1) is 18.4. The van der Waals surface area contributed by atoms with Gasteiger partial charge in [0, 0.05) is 43.8 Å². The van der Waals surface area contributed by atoms with Crippen LogP contribution in [0.4, 0.5) is 0 Å². The van der Waals surface area contributed by atoms with Crippen molar-refractivity contribution < 1.29 is 13.2 Å². The van der Waals surface area contributed by atoms with Crippen LogP contribution in [0.3, 0.4) is 0 Å². The Morgan fingerprint density at radius 1 is 1.00 bits per heavy atom. The molecule has 0 spiro atoms. The van der Waals surface area contributed by atoms with Crippen LogP contribution >= 0.6 is 0 Å². The van der Waals surface area contributed by atoms with Gasteiger partial charge in [0.1, 0.15) is 0 Å². The second kappa shape index (κ2) is 7.05. The van der Waals surface area contributed by atoms with E-state index < -0.39 is 10.0 Å². The molecule has 0 saturated carbocycles. The Hall–Kier alpha value is -1.44. The van der Waals surface area contributed by atoms with E-state index in [1.54, 1.807) is 24.3 Å². The third-order valence-electron chi connectivity index (χ3n) is 5.45. The summed E-state index contributed by atoms with van der Waals surface area (Å²) in [7, 11) is -1.35. The maximum Gasteiger partial charge on any atom is 0.253 e. The van der Waals surface area contributed by atoms with Crippen molar-refractivity contribution in [1.29, 1.82) is 0 Å². The van der Waals surface area contributed by atoms with Crippen molar-refractivity contribution in [3.63, 3.8) is 0 Å². The van der Waals surface area contributed by atoms with E-state index in [1.165, 1.54) is 4.31 Å². The first-order valence-corrected chi connectivity index (χ1v) is 10.4. The summed E-state index contributed by atoms with van der Waals surface area (Å²) in [5.41, 5.74) is 0.546. The van der Waals surface area contributed by atoms with Crippen LogP contribution in [-0.2, 0) is 10.0 Å². The lowest BCUT2D eigenvalue weighted by Gasteiger charge is -2.42. The van der Waals surface area contributed by atoms with Gasteiger partial charge >= 0.3 is 0 Å². The van der Waals surface area contributed by atoms with Crippen LogP contribution in [0.1, 0.15) is 37.0 Å². The van der Waals surface area contributed by atoms with Crippen molar-refractivity contribution in [3.8, 4) is 0 Å². The average molecular weight is 365 g/mol. The first-order chi connectivity index (χ1) is 11.8. The number of carbonyl (C=O) groups excluding carboxylic acids is 1. The summed E-state index contributed by atoms with van der Waals surface area (Å²) in [4.78, 5) is 17.2. The van der Waals surface area contributed by atoms with Gasteiger partial charge in [-0.25, -0.2) is 8.42 Å². The van der Waals surface area contributed by atoms with Crippen molar-refractivity contribution in [1.82, 2.24) is 14.1 Å². The molecule has 2 atom stereocenters. The highest BCUT2D eigenvalue weighted by molar-refractivity contribution is 7.89. The lowest BCUT2D eigenvalue weighted by atomic mass is 10.1. The minimum absolute atomic E-state index is 0.0306. The molecule has 0 N–H and O–H groups in total. The Kier molecular flexibility index (Phi) is 5.18. The molecule has 2 aliphatic rings. The molecular formula is C18H27N3O3S. The maximum atomic E-state index is 12.8. The van der Waals surface area contributed by atoms with Gasteiger partial charge in [-0.15, -0.1) is 0 Å². The number of likely N-dealkylation sites (N-methyl/N-ethyl adjacent to an activating group) is 1. The second-order valence-corrected chi connectivity index (χ2v) is 9.15. The Morgan fingerprint density at radius 2 is 1.52 bits per heavy atom. The monoisotopic (exact) mass is 365 g/mol. The average Bonchev–Trinajstić information content (AvgIpc) is 3.14. The largest absolute Gasteiger partial charge is 0.336 e. The zero-order valence-electron chi connectivity index (χ0n) is 15.2. The van der Waals surface area contributed by atoms with Crippen LogP contribution < -0.4 is 0 Å². The third kappa shape index (κ3) is 3.59. The third-order valence-corrected chi connectivity index (χ3v) is 7.36. The van der Waals surface area contributed by atoms with Gasteiger partial charge in [0.2, 0.25) is 10.0 Å². The molecule has 0 aliphatic carbocycles. The predicted octanol–water partition coefficient (Wildman–Crippen LogP) is 1.64. The lowest BCUT2D eigenvalue weighted by molar-refractivity contribution is 0.0414. The Labute approximate surface area is 150 Å². The fourth-order valence-corrected chi connectivity index (χ4v) is 5.12. The van der Waals surface area contributed by atoms with Crippen LogP contribution in [0.25, 0.3) is 0 Å². The first-order valence-electron chi connectivity index (χ1n) is 8.92. The summed E-state index contributed by atoms with van der Waals surface area (Å²) >= 11 is 0. The summed E-state index contributed by atoms with van der Waals surface area (Å²) in [6.45, 7) is 6.77. The molecule has 138 valence electrons. The van der Waals surface area contributed by atoms with Crippen molar-refractivity contribution >= 4 is 15.9 Å². The molecule has 1 amide bonds. The zero-order valence-corrected chi connectivity index (χ0v) is 16.0. The van der Waals surface area contributed by atoms with Gasteiger partial charge in [-0.05, 0) is 58.0 Å². The number of nitrogens with zero attached hydrogens (tertiary/aromatic N) is 3. The summed E-state index contributed by atoms with van der Waals surface area (Å²) in [5.74, 6) is -0.0306. The molecule has 0 radical (unpaired) electrons. The number of hydrogen-bond acceptors (Lipinski definition) is 4. The van der Waals surface area contributed by atoms with Crippen LogP contribution in [0, 0.1) is 0 Å². The summed E-state index contributed by atoms with van der Waals surface area (Å²) in [6, 6.07) is 7.01. The van der Waals surface area contributed by atoms with E-state index in [0.717, 1.165) is 12.8 Å². The zero-order chi connectivity index (χ0) is 18.2. The molecule has 6 nitrogen and oxygen atoms in total. The van der Waals surface area contributed by atoms with Crippen LogP contribution in [0.15, 0.2) is 29.2 Å². The number of benzene rings is 1. The molecule has 2 unspecified atom stereocenters. The number of sulfonamides is 1. The van der Waals surface area contributed by atoms with E-state index in [9.17, 15) is 13.2 Å². The Morgan fingerprint density at radius 3 is 2.04 bits per heavy atom. The van der Waals surface area contributed by atoms with E-state index in [2.05, 4.69) is 25.8 Å². The van der Waals surface area contributed by atoms with Crippen LogP contribution in [0.5, 0.6) is 0 Å². The molecule has 3 rings (SSSR count). The number of rotatable bonds is 3. The molecule has 7 heteroatoms. The van der Waals surface area contributed by atoms with E-state index in [1.807, 2.05) is 4.90 Å². The molecule has 2 heterocycles. The van der Waals surface area contributed by atoms with Gasteiger partial charge in [0.15, 0.2) is 0 Å². The van der Waals surface area contributed by atoms with Gasteiger partial charge in [-0.2, -0.15) is 4.31 Å². The lowest BCUT2D eigenvalue weighted by Crippen LogP contribution is -2.56. The van der Waals surface area contributed by atoms with Crippen molar-refractivity contribution in [2.45, 2.75) is 43.7 Å². The van der Waals surface area contributed by atoms with Gasteiger partial charge in [-0.3, -0.25) is 9.69 Å². The molecular weight excluding hydrogens is 338 g/mol. The summed E-state index contributed by atoms with van der Waals surface area (Å²) in [5, 5.41) is 0. The number of hydrogen-bond donors (Lipinski definition) is 0. The Balaban J connectivity index is 1.75. The Bertz CT molecular complexity index is 714. The van der Waals surface area contributed by atoms with E-state index in [-0.39, 0.29) is 10.8 Å². The standard InChI is InChI=1S/C18H27N3O3S/c1-14-12-20(13-15(2)19(14)3)18(22)16-6-8-17(9-7-16)25(23,24)21-10-4-5-11-21/h6-9,14-15H,4-5,10-13H2,1-3H3. The van der Waals surface area contributed by atoms with Crippen LogP contribution in [-0.4, -0.2) is 73.7 Å². The molecule has 25 heavy (non-hydrogen) atoms. The van der Waals surface area contributed by atoms with Crippen molar-refractivity contribution in [3.05, 3.63) is 29.8 Å². The van der Waals surface area contributed by atoms with Crippen molar-refractivity contribution in [2.75, 3.05) is 33.2 Å². The summed E-state index contributed by atoms with van der Waals surface area (Å²) < 4.78 is 26.7. The van der Waals surface area contributed by atoms with Gasteiger partial charge in [0.05, 0.1) is 4.90 Å². The van der Waals surface area contributed by atoms with E-state index in [0.29, 0.717) is 43.8 Å². The van der Waals surface area contributed by atoms with Crippen LogP contribution in [0.2, 0.25) is 0 Å². The SMILES string of the molecule is CC1CN(C(=O)c2ccc(S(=O)(=O)N3CCCC3)cc2)CC(C)N1C. The van der Waals surface area contributed by atoms with Gasteiger partial charge < -0.3 is 4.90 Å². The van der Waals surface area contributed by atoms with E-state index in [4.69, 9.17) is 0 Å². The highest BCUT2D eigenvalue weighted by atomic mass is 32.2. The number of carbonyl (C=O) groups is 1. The second-order valence-electron chi connectivity index (χ2n) is 7.21. The van der Waals surface area contributed by atoms with E-state index >= 15 is 0 Å².